The van der Waals surface area contributed by atoms with Crippen LogP contribution in [0.25, 0.3) is 0 Å². The van der Waals surface area contributed by atoms with Crippen molar-refractivity contribution in [2.45, 2.75) is 6.10 Å². The van der Waals surface area contributed by atoms with Crippen LogP contribution in [0.1, 0.15) is 10.4 Å². The van der Waals surface area contributed by atoms with E-state index in [1.807, 2.05) is 0 Å². The highest BCUT2D eigenvalue weighted by Crippen LogP contribution is 2.17. The fourth-order valence-electron chi connectivity index (χ4n) is 1.61. The van der Waals surface area contributed by atoms with Crippen molar-refractivity contribution in [2.75, 3.05) is 25.1 Å². The van der Waals surface area contributed by atoms with Crippen molar-refractivity contribution in [3.05, 3.63) is 29.6 Å². The third kappa shape index (κ3) is 3.27. The van der Waals surface area contributed by atoms with Gasteiger partial charge >= 0.3 is 5.97 Å². The van der Waals surface area contributed by atoms with E-state index >= 15 is 0 Å². The lowest BCUT2D eigenvalue weighted by Gasteiger charge is -2.22. The van der Waals surface area contributed by atoms with Crippen LogP contribution >= 0.6 is 0 Å². The number of hydrogen-bond donors (Lipinski definition) is 2. The van der Waals surface area contributed by atoms with Gasteiger partial charge in [-0.1, -0.05) is 0 Å². The zero-order valence-electron chi connectivity index (χ0n) is 9.89. The maximum absolute atomic E-state index is 13.5. The van der Waals surface area contributed by atoms with Crippen molar-refractivity contribution in [3.8, 4) is 0 Å². The molecule has 1 saturated heterocycles. The molecule has 0 spiro atoms. The number of anilines is 1. The minimum atomic E-state index is -1.20. The number of carboxylic acids is 1. The zero-order chi connectivity index (χ0) is 13.8. The second-order valence-electron chi connectivity index (χ2n) is 3.92. The molecular formula is C12H12FNO5. The van der Waals surface area contributed by atoms with Gasteiger partial charge in [0.15, 0.2) is 6.10 Å². The molecule has 1 aromatic carbocycles. The predicted octanol–water partition coefficient (Wildman–Crippen LogP) is 0.878. The van der Waals surface area contributed by atoms with Crippen LogP contribution in [0, 0.1) is 5.82 Å². The fourth-order valence-corrected chi connectivity index (χ4v) is 1.61. The van der Waals surface area contributed by atoms with Gasteiger partial charge in [0.25, 0.3) is 5.91 Å². The summed E-state index contributed by atoms with van der Waals surface area (Å²) in [7, 11) is 0. The highest BCUT2D eigenvalue weighted by atomic mass is 19.1. The maximum atomic E-state index is 13.5. The number of amides is 1. The first-order valence-corrected chi connectivity index (χ1v) is 5.61. The number of hydrogen-bond acceptors (Lipinski definition) is 4. The summed E-state index contributed by atoms with van der Waals surface area (Å²) < 4.78 is 23.7. The SMILES string of the molecule is O=C(O)c1ccc(F)c(NC(=O)C2COCCO2)c1. The van der Waals surface area contributed by atoms with Gasteiger partial charge in [-0.05, 0) is 18.2 Å². The van der Waals surface area contributed by atoms with Gasteiger partial charge in [0, 0.05) is 0 Å². The Kier molecular flexibility index (Phi) is 4.08. The van der Waals surface area contributed by atoms with Crippen molar-refractivity contribution in [3.63, 3.8) is 0 Å². The van der Waals surface area contributed by atoms with Crippen molar-refractivity contribution in [2.24, 2.45) is 0 Å². The van der Waals surface area contributed by atoms with Gasteiger partial charge in [0.05, 0.1) is 31.1 Å². The standard InChI is InChI=1S/C12H12FNO5/c13-8-2-1-7(12(16)17)5-9(8)14-11(15)10-6-18-3-4-19-10/h1-2,5,10H,3-4,6H2,(H,14,15)(H,16,17). The highest BCUT2D eigenvalue weighted by molar-refractivity contribution is 5.96. The molecule has 0 radical (unpaired) electrons. The second-order valence-corrected chi connectivity index (χ2v) is 3.92. The Morgan fingerprint density at radius 1 is 1.37 bits per heavy atom. The minimum absolute atomic E-state index is 0.0894. The van der Waals surface area contributed by atoms with E-state index < -0.39 is 23.8 Å². The smallest absolute Gasteiger partial charge is 0.335 e. The van der Waals surface area contributed by atoms with Crippen LogP contribution in [0.2, 0.25) is 0 Å². The molecule has 2 N–H and O–H groups in total. The van der Waals surface area contributed by atoms with Crippen molar-refractivity contribution < 1.29 is 28.6 Å². The molecular weight excluding hydrogens is 257 g/mol. The molecule has 0 saturated carbocycles. The molecule has 1 aromatic rings. The summed E-state index contributed by atoms with van der Waals surface area (Å²) in [6.45, 7) is 0.786. The van der Waals surface area contributed by atoms with E-state index in [9.17, 15) is 14.0 Å². The molecule has 1 aliphatic rings. The molecule has 1 fully saturated rings. The number of carbonyl (C=O) groups is 2. The number of carbonyl (C=O) groups excluding carboxylic acids is 1. The van der Waals surface area contributed by atoms with E-state index in [-0.39, 0.29) is 24.5 Å². The van der Waals surface area contributed by atoms with Crippen molar-refractivity contribution >= 4 is 17.6 Å². The van der Waals surface area contributed by atoms with Crippen LogP contribution in [0.3, 0.4) is 0 Å². The van der Waals surface area contributed by atoms with E-state index in [1.54, 1.807) is 0 Å². The van der Waals surface area contributed by atoms with Crippen molar-refractivity contribution in [1.82, 2.24) is 0 Å². The lowest BCUT2D eigenvalue weighted by atomic mass is 10.2. The van der Waals surface area contributed by atoms with Gasteiger partial charge in [0.1, 0.15) is 5.82 Å². The summed E-state index contributed by atoms with van der Waals surface area (Å²) in [6, 6.07) is 3.16. The Labute approximate surface area is 108 Å². The molecule has 0 bridgehead atoms. The maximum Gasteiger partial charge on any atom is 0.335 e. The lowest BCUT2D eigenvalue weighted by molar-refractivity contribution is -0.142. The second kappa shape index (κ2) is 5.77. The molecule has 0 aromatic heterocycles. The minimum Gasteiger partial charge on any atom is -0.478 e. The van der Waals surface area contributed by atoms with Gasteiger partial charge in [-0.25, -0.2) is 9.18 Å². The highest BCUT2D eigenvalue weighted by Gasteiger charge is 2.23. The number of halogens is 1. The molecule has 2 rings (SSSR count). The average molecular weight is 269 g/mol. The van der Waals surface area contributed by atoms with Crippen LogP contribution in [-0.2, 0) is 14.3 Å². The Morgan fingerprint density at radius 3 is 2.79 bits per heavy atom. The first-order valence-electron chi connectivity index (χ1n) is 5.61. The third-order valence-electron chi connectivity index (χ3n) is 2.58. The van der Waals surface area contributed by atoms with E-state index in [0.717, 1.165) is 18.2 Å². The first kappa shape index (κ1) is 13.4. The lowest BCUT2D eigenvalue weighted by Crippen LogP contribution is -2.39. The number of nitrogens with one attached hydrogen (secondary N) is 1. The van der Waals surface area contributed by atoms with Gasteiger partial charge in [-0.2, -0.15) is 0 Å². The van der Waals surface area contributed by atoms with Gasteiger partial charge in [0.2, 0.25) is 0 Å². The topological polar surface area (TPSA) is 84.9 Å². The van der Waals surface area contributed by atoms with Gasteiger partial charge < -0.3 is 19.9 Å². The summed E-state index contributed by atoms with van der Waals surface area (Å²) in [5, 5.41) is 11.1. The molecule has 1 heterocycles. The zero-order valence-corrected chi connectivity index (χ0v) is 9.89. The molecule has 1 atom stereocenters. The van der Waals surface area contributed by atoms with Gasteiger partial charge in [-0.3, -0.25) is 4.79 Å². The van der Waals surface area contributed by atoms with Crippen LogP contribution in [0.15, 0.2) is 18.2 Å². The largest absolute Gasteiger partial charge is 0.478 e. The van der Waals surface area contributed by atoms with Crippen LogP contribution < -0.4 is 5.32 Å². The van der Waals surface area contributed by atoms with Gasteiger partial charge in [-0.15, -0.1) is 0 Å². The summed E-state index contributed by atoms with van der Waals surface area (Å²) in [6.07, 6.45) is -0.818. The van der Waals surface area contributed by atoms with Crippen molar-refractivity contribution in [1.29, 1.82) is 0 Å². The summed E-state index contributed by atoms with van der Waals surface area (Å²) in [5.41, 5.74) is -0.309. The molecule has 1 amide bonds. The Hall–Kier alpha value is -1.99. The summed E-state index contributed by atoms with van der Waals surface area (Å²) >= 11 is 0. The Bertz CT molecular complexity index is 499. The van der Waals surface area contributed by atoms with E-state index in [1.165, 1.54) is 0 Å². The normalized spacial score (nSPS) is 18.9. The predicted molar refractivity (Wildman–Crippen MR) is 62.5 cm³/mol. The average Bonchev–Trinajstić information content (AvgIpc) is 2.42. The Balaban J connectivity index is 2.11. The molecule has 19 heavy (non-hydrogen) atoms. The molecule has 6 nitrogen and oxygen atoms in total. The van der Waals surface area contributed by atoms with Crippen LogP contribution in [-0.4, -0.2) is 42.9 Å². The van der Waals surface area contributed by atoms with Crippen LogP contribution in [0.5, 0.6) is 0 Å². The first-order chi connectivity index (χ1) is 9.08. The van der Waals surface area contributed by atoms with E-state index in [4.69, 9.17) is 14.6 Å². The Morgan fingerprint density at radius 2 is 2.16 bits per heavy atom. The molecule has 1 aliphatic heterocycles. The fraction of sp³-hybridized carbons (Fsp3) is 0.333. The number of ether oxygens (including phenoxy) is 2. The van der Waals surface area contributed by atoms with E-state index in [0.29, 0.717) is 6.61 Å². The monoisotopic (exact) mass is 269 g/mol. The number of aromatic carboxylic acids is 1. The quantitative estimate of drug-likeness (QED) is 0.850. The molecule has 7 heteroatoms. The number of benzene rings is 1. The number of carboxylic acid groups (broad SMARTS) is 1. The summed E-state index contributed by atoms with van der Waals surface area (Å²) in [5.74, 6) is -2.48. The number of rotatable bonds is 3. The van der Waals surface area contributed by atoms with Crippen LogP contribution in [0.4, 0.5) is 10.1 Å². The third-order valence-corrected chi connectivity index (χ3v) is 2.58. The molecule has 1 unspecified atom stereocenters. The van der Waals surface area contributed by atoms with E-state index in [2.05, 4.69) is 5.32 Å². The summed E-state index contributed by atoms with van der Waals surface area (Å²) in [4.78, 5) is 22.5. The molecule has 102 valence electrons. The molecule has 0 aliphatic carbocycles.